The molecule has 0 bridgehead atoms. The lowest BCUT2D eigenvalue weighted by atomic mass is 10.2. The molecule has 2 N–H and O–H groups in total. The number of halogens is 1. The molecule has 132 valence electrons. The molecule has 1 saturated heterocycles. The van der Waals surface area contributed by atoms with Crippen molar-refractivity contribution in [1.82, 2.24) is 4.98 Å². The van der Waals surface area contributed by atoms with E-state index in [9.17, 15) is 18.0 Å². The molecule has 0 saturated carbocycles. The highest BCUT2D eigenvalue weighted by Crippen LogP contribution is 2.32. The number of pyridine rings is 1. The fourth-order valence-electron chi connectivity index (χ4n) is 2.60. The quantitative estimate of drug-likeness (QED) is 0.851. The molecular weight excluding hydrogens is 366 g/mol. The fraction of sp³-hybridized carbons (Fsp3) is 0.250. The molecule has 0 aliphatic carbocycles. The van der Waals surface area contributed by atoms with Gasteiger partial charge >= 0.3 is 0 Å². The van der Waals surface area contributed by atoms with Crippen molar-refractivity contribution in [2.24, 2.45) is 0 Å². The molecule has 0 unspecified atom stereocenters. The van der Waals surface area contributed by atoms with E-state index in [2.05, 4.69) is 10.3 Å². The summed E-state index contributed by atoms with van der Waals surface area (Å²) in [6, 6.07) is 7.34. The minimum absolute atomic E-state index is 0.105. The van der Waals surface area contributed by atoms with Crippen molar-refractivity contribution in [3.05, 3.63) is 57.5 Å². The zero-order valence-electron chi connectivity index (χ0n) is 13.2. The SMILES string of the molecule is O=C(Nc1ccc(N2CCCCS2(=O)=O)c(Cl)c1)c1ccc(=O)[nH]c1. The van der Waals surface area contributed by atoms with E-state index in [0.717, 1.165) is 6.42 Å². The lowest BCUT2D eigenvalue weighted by Crippen LogP contribution is -2.38. The lowest BCUT2D eigenvalue weighted by molar-refractivity contribution is 0.102. The van der Waals surface area contributed by atoms with Crippen LogP contribution in [0.25, 0.3) is 0 Å². The van der Waals surface area contributed by atoms with Crippen LogP contribution in [0.1, 0.15) is 23.2 Å². The zero-order valence-corrected chi connectivity index (χ0v) is 14.7. The molecule has 0 radical (unpaired) electrons. The molecule has 1 aliphatic rings. The summed E-state index contributed by atoms with van der Waals surface area (Å²) in [6.07, 6.45) is 2.73. The maximum atomic E-state index is 12.2. The Bertz CT molecular complexity index is 951. The molecule has 7 nitrogen and oxygen atoms in total. The topological polar surface area (TPSA) is 99.3 Å². The van der Waals surface area contributed by atoms with Crippen LogP contribution >= 0.6 is 11.6 Å². The number of nitrogens with one attached hydrogen (secondary N) is 2. The molecule has 1 aliphatic heterocycles. The first-order valence-electron chi connectivity index (χ1n) is 7.67. The van der Waals surface area contributed by atoms with Crippen molar-refractivity contribution in [3.63, 3.8) is 0 Å². The molecule has 1 fully saturated rings. The fourth-order valence-corrected chi connectivity index (χ4v) is 4.59. The van der Waals surface area contributed by atoms with Crippen LogP contribution < -0.4 is 15.2 Å². The number of nitrogens with zero attached hydrogens (tertiary/aromatic N) is 1. The Morgan fingerprint density at radius 2 is 2.00 bits per heavy atom. The Morgan fingerprint density at radius 3 is 2.64 bits per heavy atom. The highest BCUT2D eigenvalue weighted by molar-refractivity contribution is 7.92. The molecule has 1 aromatic heterocycles. The Kier molecular flexibility index (Phi) is 4.82. The first-order chi connectivity index (χ1) is 11.9. The van der Waals surface area contributed by atoms with Crippen molar-refractivity contribution in [1.29, 1.82) is 0 Å². The summed E-state index contributed by atoms with van der Waals surface area (Å²) in [5.74, 6) is -0.306. The van der Waals surface area contributed by atoms with Gasteiger partial charge in [0.15, 0.2) is 0 Å². The Hall–Kier alpha value is -2.32. The molecule has 1 aromatic carbocycles. The van der Waals surface area contributed by atoms with Crippen LogP contribution in [0.3, 0.4) is 0 Å². The average Bonchev–Trinajstić information content (AvgIpc) is 2.56. The number of hydrogen-bond acceptors (Lipinski definition) is 4. The maximum Gasteiger partial charge on any atom is 0.257 e. The number of anilines is 2. The van der Waals surface area contributed by atoms with Crippen LogP contribution in [0.15, 0.2) is 41.3 Å². The van der Waals surface area contributed by atoms with Crippen LogP contribution in [-0.4, -0.2) is 31.6 Å². The molecule has 9 heteroatoms. The van der Waals surface area contributed by atoms with Crippen LogP contribution in [-0.2, 0) is 10.0 Å². The van der Waals surface area contributed by atoms with Gasteiger partial charge in [0.1, 0.15) is 0 Å². The molecule has 25 heavy (non-hydrogen) atoms. The number of amides is 1. The Labute approximate surface area is 149 Å². The minimum Gasteiger partial charge on any atom is -0.328 e. The van der Waals surface area contributed by atoms with E-state index in [-0.39, 0.29) is 16.3 Å². The second-order valence-corrected chi connectivity index (χ2v) is 8.08. The number of benzene rings is 1. The molecule has 1 amide bonds. The smallest absolute Gasteiger partial charge is 0.257 e. The third kappa shape index (κ3) is 3.85. The first kappa shape index (κ1) is 17.5. The van der Waals surface area contributed by atoms with Gasteiger partial charge in [-0.15, -0.1) is 0 Å². The number of H-pyrrole nitrogens is 1. The summed E-state index contributed by atoms with van der Waals surface area (Å²) in [7, 11) is -3.35. The predicted octanol–water partition coefficient (Wildman–Crippen LogP) is 2.21. The predicted molar refractivity (Wildman–Crippen MR) is 96.8 cm³/mol. The van der Waals surface area contributed by atoms with E-state index in [1.165, 1.54) is 28.7 Å². The van der Waals surface area contributed by atoms with Gasteiger partial charge in [-0.05, 0) is 37.1 Å². The van der Waals surface area contributed by atoms with Crippen molar-refractivity contribution in [3.8, 4) is 0 Å². The van der Waals surface area contributed by atoms with Gasteiger partial charge in [-0.3, -0.25) is 13.9 Å². The zero-order chi connectivity index (χ0) is 18.0. The molecule has 0 atom stereocenters. The summed E-state index contributed by atoms with van der Waals surface area (Å²) in [5.41, 5.74) is 0.827. The number of rotatable bonds is 3. The van der Waals surface area contributed by atoms with Crippen molar-refractivity contribution in [2.45, 2.75) is 12.8 Å². The van der Waals surface area contributed by atoms with Crippen LogP contribution in [0.5, 0.6) is 0 Å². The van der Waals surface area contributed by atoms with Crippen LogP contribution in [0, 0.1) is 0 Å². The van der Waals surface area contributed by atoms with Crippen molar-refractivity contribution < 1.29 is 13.2 Å². The van der Waals surface area contributed by atoms with Gasteiger partial charge in [-0.2, -0.15) is 0 Å². The number of carbonyl (C=O) groups is 1. The molecular formula is C16H16ClN3O4S. The number of hydrogen-bond donors (Lipinski definition) is 2. The van der Waals surface area contributed by atoms with Gasteiger partial charge in [0.05, 0.1) is 22.0 Å². The molecule has 2 aromatic rings. The summed E-state index contributed by atoms with van der Waals surface area (Å²) in [4.78, 5) is 25.6. The molecule has 3 rings (SSSR count). The largest absolute Gasteiger partial charge is 0.328 e. The standard InChI is InChI=1S/C16H16ClN3O4S/c17-13-9-12(19-16(22)11-3-6-15(21)18-10-11)4-5-14(13)20-7-1-2-8-25(20,23)24/h3-6,9-10H,1-2,7-8H2,(H,18,21)(H,19,22). The average molecular weight is 382 g/mol. The summed E-state index contributed by atoms with van der Waals surface area (Å²) < 4.78 is 25.7. The Morgan fingerprint density at radius 1 is 1.20 bits per heavy atom. The van der Waals surface area contributed by atoms with Gasteiger partial charge in [-0.25, -0.2) is 8.42 Å². The number of aromatic amines is 1. The second kappa shape index (κ2) is 6.89. The van der Waals surface area contributed by atoms with Gasteiger partial charge < -0.3 is 10.3 Å². The molecule has 2 heterocycles. The van der Waals surface area contributed by atoms with Crippen LogP contribution in [0.4, 0.5) is 11.4 Å². The summed E-state index contributed by atoms with van der Waals surface area (Å²) in [6.45, 7) is 0.394. The maximum absolute atomic E-state index is 12.2. The Balaban J connectivity index is 1.81. The second-order valence-electron chi connectivity index (χ2n) is 5.66. The lowest BCUT2D eigenvalue weighted by Gasteiger charge is -2.29. The van der Waals surface area contributed by atoms with Crippen LogP contribution in [0.2, 0.25) is 5.02 Å². The van der Waals surface area contributed by atoms with E-state index < -0.39 is 15.9 Å². The van der Waals surface area contributed by atoms with Gasteiger partial charge in [0.2, 0.25) is 15.6 Å². The summed E-state index contributed by atoms with van der Waals surface area (Å²) >= 11 is 6.24. The van der Waals surface area contributed by atoms with E-state index in [0.29, 0.717) is 29.9 Å². The number of sulfonamides is 1. The van der Waals surface area contributed by atoms with Gasteiger partial charge in [0.25, 0.3) is 5.91 Å². The van der Waals surface area contributed by atoms with E-state index >= 15 is 0 Å². The summed E-state index contributed by atoms with van der Waals surface area (Å²) in [5, 5.41) is 2.90. The number of aromatic nitrogens is 1. The van der Waals surface area contributed by atoms with E-state index in [4.69, 9.17) is 11.6 Å². The van der Waals surface area contributed by atoms with E-state index in [1.807, 2.05) is 0 Å². The minimum atomic E-state index is -3.35. The highest BCUT2D eigenvalue weighted by Gasteiger charge is 2.27. The van der Waals surface area contributed by atoms with Crippen molar-refractivity contribution in [2.75, 3.05) is 21.9 Å². The van der Waals surface area contributed by atoms with E-state index in [1.54, 1.807) is 12.1 Å². The monoisotopic (exact) mass is 381 g/mol. The third-order valence-electron chi connectivity index (χ3n) is 3.87. The third-order valence-corrected chi connectivity index (χ3v) is 6.03. The van der Waals surface area contributed by atoms with Crippen molar-refractivity contribution >= 4 is 38.9 Å². The highest BCUT2D eigenvalue weighted by atomic mass is 35.5. The molecule has 0 spiro atoms. The first-order valence-corrected chi connectivity index (χ1v) is 9.65. The van der Waals surface area contributed by atoms with Gasteiger partial charge in [0, 0.05) is 24.5 Å². The number of carbonyl (C=O) groups excluding carboxylic acids is 1. The van der Waals surface area contributed by atoms with Gasteiger partial charge in [-0.1, -0.05) is 11.6 Å². The normalized spacial score (nSPS) is 16.4.